The summed E-state index contributed by atoms with van der Waals surface area (Å²) in [5, 5.41) is 0.812. The molecule has 2 aliphatic rings. The fourth-order valence-electron chi connectivity index (χ4n) is 5.88. The Bertz CT molecular complexity index is 1580. The summed E-state index contributed by atoms with van der Waals surface area (Å²) in [5.41, 5.74) is 3.12. The summed E-state index contributed by atoms with van der Waals surface area (Å²) in [6.45, 7) is 4.01. The standard InChI is InChI=1S/C31H30Cl2FN5O2/c32-22-7-12-25(26(33)18-22)31(41)38-16-14-37(15-17-38)30(40)21-4-3-13-36(19-21)20-29-35-27-5-1-2-6-28(27)39(29)24-10-8-23(34)9-11-24/h1-2,5-12,18,21H,3-4,13-17,19-20H2/t21-/m1/s1. The van der Waals surface area contributed by atoms with Gasteiger partial charge in [-0.2, -0.15) is 0 Å². The van der Waals surface area contributed by atoms with Crippen molar-refractivity contribution in [2.24, 2.45) is 5.92 Å². The maximum Gasteiger partial charge on any atom is 0.255 e. The van der Waals surface area contributed by atoms with Crippen molar-refractivity contribution in [1.82, 2.24) is 24.3 Å². The highest BCUT2D eigenvalue weighted by molar-refractivity contribution is 6.36. The van der Waals surface area contributed by atoms with E-state index in [1.54, 1.807) is 35.2 Å². The SMILES string of the molecule is O=C(c1ccc(Cl)cc1Cl)N1CCN(C(=O)[C@@H]2CCCN(Cc3nc4ccccc4n3-c3ccc(F)cc3)C2)CC1. The van der Waals surface area contributed by atoms with Gasteiger partial charge in [-0.1, -0.05) is 35.3 Å². The summed E-state index contributed by atoms with van der Waals surface area (Å²) >= 11 is 12.2. The molecule has 41 heavy (non-hydrogen) atoms. The zero-order chi connectivity index (χ0) is 28.5. The Hall–Kier alpha value is -3.46. The first-order valence-corrected chi connectivity index (χ1v) is 14.6. The molecule has 0 aliphatic carbocycles. The molecular formula is C31H30Cl2FN5O2. The van der Waals surface area contributed by atoms with Crippen LogP contribution in [-0.2, 0) is 11.3 Å². The average molecular weight is 595 g/mol. The first-order chi connectivity index (χ1) is 19.9. The van der Waals surface area contributed by atoms with Gasteiger partial charge in [0, 0.05) is 43.4 Å². The molecule has 2 fully saturated rings. The van der Waals surface area contributed by atoms with Gasteiger partial charge in [-0.05, 0) is 74.0 Å². The highest BCUT2D eigenvalue weighted by Gasteiger charge is 2.33. The van der Waals surface area contributed by atoms with Crippen molar-refractivity contribution in [3.63, 3.8) is 0 Å². The quantitative estimate of drug-likeness (QED) is 0.299. The largest absolute Gasteiger partial charge is 0.339 e. The van der Waals surface area contributed by atoms with Crippen LogP contribution in [0.15, 0.2) is 66.7 Å². The van der Waals surface area contributed by atoms with Crippen LogP contribution in [0.4, 0.5) is 4.39 Å². The number of rotatable bonds is 5. The number of benzene rings is 3. The third kappa shape index (κ3) is 5.82. The molecule has 6 rings (SSSR count). The minimum atomic E-state index is -0.281. The van der Waals surface area contributed by atoms with E-state index in [0.29, 0.717) is 54.9 Å². The number of carbonyl (C=O) groups excluding carboxylic acids is 2. The lowest BCUT2D eigenvalue weighted by atomic mass is 9.96. The second-order valence-corrected chi connectivity index (χ2v) is 11.5. The number of aromatic nitrogens is 2. The zero-order valence-corrected chi connectivity index (χ0v) is 24.0. The van der Waals surface area contributed by atoms with E-state index in [0.717, 1.165) is 41.9 Å². The van der Waals surface area contributed by atoms with Crippen molar-refractivity contribution in [3.05, 3.63) is 94.0 Å². The third-order valence-electron chi connectivity index (χ3n) is 7.97. The summed E-state index contributed by atoms with van der Waals surface area (Å²) in [5.74, 6) is 0.459. The van der Waals surface area contributed by atoms with Crippen LogP contribution in [0.25, 0.3) is 16.7 Å². The van der Waals surface area contributed by atoms with Gasteiger partial charge in [0.2, 0.25) is 5.91 Å². The molecule has 3 heterocycles. The Labute approximate surface area is 248 Å². The third-order valence-corrected chi connectivity index (χ3v) is 8.52. The van der Waals surface area contributed by atoms with E-state index >= 15 is 0 Å². The molecule has 4 aromatic rings. The van der Waals surface area contributed by atoms with E-state index in [1.807, 2.05) is 29.2 Å². The number of carbonyl (C=O) groups is 2. The second kappa shape index (κ2) is 11.8. The Balaban J connectivity index is 1.11. The number of nitrogens with zero attached hydrogens (tertiary/aromatic N) is 5. The van der Waals surface area contributed by atoms with Crippen molar-refractivity contribution in [2.75, 3.05) is 39.3 Å². The molecule has 0 radical (unpaired) electrons. The highest BCUT2D eigenvalue weighted by Crippen LogP contribution is 2.27. The molecule has 2 amide bonds. The van der Waals surface area contributed by atoms with Crippen molar-refractivity contribution in [1.29, 1.82) is 0 Å². The maximum atomic E-state index is 13.7. The van der Waals surface area contributed by atoms with Crippen LogP contribution in [0.1, 0.15) is 29.0 Å². The van der Waals surface area contributed by atoms with Crippen LogP contribution in [0.2, 0.25) is 10.0 Å². The molecule has 1 aromatic heterocycles. The van der Waals surface area contributed by atoms with Gasteiger partial charge in [-0.3, -0.25) is 19.1 Å². The summed E-state index contributed by atoms with van der Waals surface area (Å²) in [6.07, 6.45) is 1.75. The van der Waals surface area contributed by atoms with E-state index in [9.17, 15) is 14.0 Å². The van der Waals surface area contributed by atoms with E-state index in [4.69, 9.17) is 28.2 Å². The van der Waals surface area contributed by atoms with Gasteiger partial charge < -0.3 is 9.80 Å². The zero-order valence-electron chi connectivity index (χ0n) is 22.5. The Morgan fingerprint density at radius 2 is 1.63 bits per heavy atom. The normalized spacial score (nSPS) is 18.2. The van der Waals surface area contributed by atoms with Crippen molar-refractivity contribution >= 4 is 46.0 Å². The lowest BCUT2D eigenvalue weighted by Crippen LogP contribution is -2.53. The molecular weight excluding hydrogens is 564 g/mol. The number of imidazole rings is 1. The van der Waals surface area contributed by atoms with Crippen molar-refractivity contribution in [2.45, 2.75) is 19.4 Å². The fourth-order valence-corrected chi connectivity index (χ4v) is 6.37. The van der Waals surface area contributed by atoms with E-state index in [1.165, 1.54) is 12.1 Å². The number of hydrogen-bond acceptors (Lipinski definition) is 4. The molecule has 2 aliphatic heterocycles. The second-order valence-electron chi connectivity index (χ2n) is 10.6. The van der Waals surface area contributed by atoms with Crippen LogP contribution in [0.5, 0.6) is 0 Å². The highest BCUT2D eigenvalue weighted by atomic mass is 35.5. The first-order valence-electron chi connectivity index (χ1n) is 13.8. The maximum absolute atomic E-state index is 13.7. The van der Waals surface area contributed by atoms with Crippen LogP contribution in [0, 0.1) is 11.7 Å². The minimum Gasteiger partial charge on any atom is -0.339 e. The summed E-state index contributed by atoms with van der Waals surface area (Å²) in [6, 6.07) is 19.2. The van der Waals surface area contributed by atoms with Crippen LogP contribution >= 0.6 is 23.2 Å². The number of piperidine rings is 1. The molecule has 1 atom stereocenters. The smallest absolute Gasteiger partial charge is 0.255 e. The summed E-state index contributed by atoms with van der Waals surface area (Å²) < 4.78 is 15.7. The van der Waals surface area contributed by atoms with Gasteiger partial charge in [0.1, 0.15) is 11.6 Å². The van der Waals surface area contributed by atoms with Crippen LogP contribution in [0.3, 0.4) is 0 Å². The Morgan fingerprint density at radius 3 is 2.39 bits per heavy atom. The van der Waals surface area contributed by atoms with E-state index in [2.05, 4.69) is 9.47 Å². The lowest BCUT2D eigenvalue weighted by molar-refractivity contribution is -0.139. The van der Waals surface area contributed by atoms with Crippen LogP contribution in [-0.4, -0.2) is 75.3 Å². The average Bonchev–Trinajstić information content (AvgIpc) is 3.35. The molecule has 0 bridgehead atoms. The topological polar surface area (TPSA) is 61.7 Å². The lowest BCUT2D eigenvalue weighted by Gasteiger charge is -2.39. The predicted octanol–water partition coefficient (Wildman–Crippen LogP) is 5.67. The number of amides is 2. The predicted molar refractivity (Wildman–Crippen MR) is 158 cm³/mol. The van der Waals surface area contributed by atoms with Gasteiger partial charge in [-0.25, -0.2) is 9.37 Å². The van der Waals surface area contributed by atoms with Gasteiger partial charge in [0.15, 0.2) is 0 Å². The molecule has 0 N–H and O–H groups in total. The molecule has 0 unspecified atom stereocenters. The van der Waals surface area contributed by atoms with Gasteiger partial charge in [0.25, 0.3) is 5.91 Å². The first kappa shape index (κ1) is 27.7. The number of piperazine rings is 1. The molecule has 212 valence electrons. The van der Waals surface area contributed by atoms with E-state index in [-0.39, 0.29) is 23.5 Å². The number of para-hydroxylation sites is 2. The number of fused-ring (bicyclic) bond motifs is 1. The Morgan fingerprint density at radius 1 is 0.902 bits per heavy atom. The number of hydrogen-bond donors (Lipinski definition) is 0. The summed E-state index contributed by atoms with van der Waals surface area (Å²) in [7, 11) is 0. The minimum absolute atomic E-state index is 0.111. The molecule has 2 saturated heterocycles. The number of halogens is 3. The fraction of sp³-hybridized carbons (Fsp3) is 0.323. The van der Waals surface area contributed by atoms with Crippen molar-refractivity contribution < 1.29 is 14.0 Å². The van der Waals surface area contributed by atoms with Gasteiger partial charge in [0.05, 0.1) is 34.1 Å². The van der Waals surface area contributed by atoms with Gasteiger partial charge >= 0.3 is 0 Å². The molecule has 7 nitrogen and oxygen atoms in total. The number of likely N-dealkylation sites (tertiary alicyclic amines) is 1. The van der Waals surface area contributed by atoms with E-state index < -0.39 is 0 Å². The Kier molecular flexibility index (Phi) is 7.97. The molecule has 10 heteroatoms. The monoisotopic (exact) mass is 593 g/mol. The molecule has 0 spiro atoms. The van der Waals surface area contributed by atoms with Crippen molar-refractivity contribution in [3.8, 4) is 5.69 Å². The van der Waals surface area contributed by atoms with Crippen LogP contribution < -0.4 is 0 Å². The summed E-state index contributed by atoms with van der Waals surface area (Å²) in [4.78, 5) is 37.4. The molecule has 3 aromatic carbocycles. The van der Waals surface area contributed by atoms with Gasteiger partial charge in [-0.15, -0.1) is 0 Å². The molecule has 0 saturated carbocycles.